The molecule has 1 saturated carbocycles. The van der Waals surface area contributed by atoms with Gasteiger partial charge >= 0.3 is 0 Å². The van der Waals surface area contributed by atoms with Crippen molar-refractivity contribution in [2.75, 3.05) is 19.7 Å². The Morgan fingerprint density at radius 3 is 2.88 bits per heavy atom. The van der Waals surface area contributed by atoms with Crippen molar-refractivity contribution < 1.29 is 9.53 Å². The number of aryl methyl sites for hydroxylation is 2. The highest BCUT2D eigenvalue weighted by atomic mass is 16.5. The normalized spacial score (nSPS) is 24.5. The van der Waals surface area contributed by atoms with E-state index >= 15 is 0 Å². The van der Waals surface area contributed by atoms with Crippen LogP contribution in [0.4, 0.5) is 0 Å². The average molecular weight is 351 g/mol. The van der Waals surface area contributed by atoms with Crippen molar-refractivity contribution in [1.82, 2.24) is 14.9 Å². The lowest BCUT2D eigenvalue weighted by Gasteiger charge is -2.28. The van der Waals surface area contributed by atoms with E-state index in [0.29, 0.717) is 12.5 Å². The number of aromatic nitrogens is 2. The number of hydrogen-bond donors (Lipinski definition) is 0. The molecule has 2 aromatic heterocycles. The molecule has 0 radical (unpaired) electrons. The molecule has 0 N–H and O–H groups in total. The van der Waals surface area contributed by atoms with Gasteiger partial charge in [0.15, 0.2) is 0 Å². The molecule has 1 aliphatic carbocycles. The molecule has 4 rings (SSSR count). The van der Waals surface area contributed by atoms with Gasteiger partial charge in [-0.2, -0.15) is 0 Å². The van der Waals surface area contributed by atoms with Crippen LogP contribution in [0.3, 0.4) is 0 Å². The second kappa shape index (κ2) is 6.71. The minimum atomic E-state index is 0.0720. The molecular weight excluding hydrogens is 326 g/mol. The van der Waals surface area contributed by atoms with Crippen LogP contribution in [0.5, 0.6) is 5.75 Å². The summed E-state index contributed by atoms with van der Waals surface area (Å²) in [6.45, 7) is 6.13. The standard InChI is InChI=1S/C21H25N3O2/c1-15-9-17(10-16(2)23-15)20(25)24-12-18-5-3-7-21(18,13-24)14-26-19-6-4-8-22-11-19/h4,6,8-11,18H,3,5,7,12-14H2,1-2H3/t18-,21+/m0/s1. The Morgan fingerprint density at radius 2 is 2.15 bits per heavy atom. The third-order valence-electron chi connectivity index (χ3n) is 5.82. The zero-order valence-electron chi connectivity index (χ0n) is 15.4. The molecule has 136 valence electrons. The maximum atomic E-state index is 13.0. The summed E-state index contributed by atoms with van der Waals surface area (Å²) >= 11 is 0. The zero-order chi connectivity index (χ0) is 18.1. The van der Waals surface area contributed by atoms with E-state index in [4.69, 9.17) is 4.74 Å². The van der Waals surface area contributed by atoms with Gasteiger partial charge in [-0.15, -0.1) is 0 Å². The van der Waals surface area contributed by atoms with Crippen LogP contribution < -0.4 is 4.74 Å². The van der Waals surface area contributed by atoms with Crippen molar-refractivity contribution in [2.24, 2.45) is 11.3 Å². The number of pyridine rings is 2. The minimum Gasteiger partial charge on any atom is -0.491 e. The Hall–Kier alpha value is -2.43. The van der Waals surface area contributed by atoms with Gasteiger partial charge in [0, 0.05) is 41.7 Å². The summed E-state index contributed by atoms with van der Waals surface area (Å²) in [4.78, 5) is 23.6. The highest BCUT2D eigenvalue weighted by Gasteiger charge is 2.51. The van der Waals surface area contributed by atoms with E-state index in [0.717, 1.165) is 42.2 Å². The van der Waals surface area contributed by atoms with Gasteiger partial charge in [-0.1, -0.05) is 6.42 Å². The lowest BCUT2D eigenvalue weighted by atomic mass is 9.81. The number of carbonyl (C=O) groups is 1. The lowest BCUT2D eigenvalue weighted by molar-refractivity contribution is 0.0746. The fourth-order valence-electron chi connectivity index (χ4n) is 4.61. The number of carbonyl (C=O) groups excluding carboxylic acids is 1. The molecule has 0 bridgehead atoms. The predicted molar refractivity (Wildman–Crippen MR) is 99.1 cm³/mol. The van der Waals surface area contributed by atoms with Gasteiger partial charge < -0.3 is 9.64 Å². The first-order valence-corrected chi connectivity index (χ1v) is 9.33. The number of amides is 1. The van der Waals surface area contributed by atoms with Crippen molar-refractivity contribution in [3.05, 3.63) is 53.6 Å². The van der Waals surface area contributed by atoms with Gasteiger partial charge in [0.1, 0.15) is 5.75 Å². The Kier molecular flexibility index (Phi) is 4.39. The molecule has 2 aliphatic rings. The Labute approximate surface area is 154 Å². The fourth-order valence-corrected chi connectivity index (χ4v) is 4.61. The van der Waals surface area contributed by atoms with E-state index in [1.54, 1.807) is 12.4 Å². The van der Waals surface area contributed by atoms with Crippen molar-refractivity contribution in [1.29, 1.82) is 0 Å². The van der Waals surface area contributed by atoms with Gasteiger partial charge in [-0.05, 0) is 56.9 Å². The van der Waals surface area contributed by atoms with E-state index in [2.05, 4.69) is 9.97 Å². The number of fused-ring (bicyclic) bond motifs is 1. The largest absolute Gasteiger partial charge is 0.491 e. The van der Waals surface area contributed by atoms with Crippen molar-refractivity contribution >= 4 is 5.91 Å². The summed E-state index contributed by atoms with van der Waals surface area (Å²) in [6.07, 6.45) is 7.01. The molecule has 5 heteroatoms. The molecule has 26 heavy (non-hydrogen) atoms. The predicted octanol–water partition coefficient (Wildman–Crippen LogP) is 3.41. The van der Waals surface area contributed by atoms with Crippen LogP contribution >= 0.6 is 0 Å². The molecular formula is C21H25N3O2. The first kappa shape index (κ1) is 17.0. The molecule has 2 atom stereocenters. The van der Waals surface area contributed by atoms with Gasteiger partial charge in [0.25, 0.3) is 5.91 Å². The molecule has 0 unspecified atom stereocenters. The molecule has 1 amide bonds. The Morgan fingerprint density at radius 1 is 1.35 bits per heavy atom. The minimum absolute atomic E-state index is 0.0720. The van der Waals surface area contributed by atoms with E-state index in [9.17, 15) is 4.79 Å². The van der Waals surface area contributed by atoms with E-state index in [1.807, 2.05) is 43.0 Å². The van der Waals surface area contributed by atoms with Crippen LogP contribution in [0.15, 0.2) is 36.7 Å². The number of hydrogen-bond acceptors (Lipinski definition) is 4. The summed E-state index contributed by atoms with van der Waals surface area (Å²) in [6, 6.07) is 7.61. The van der Waals surface area contributed by atoms with E-state index in [1.165, 1.54) is 12.8 Å². The number of rotatable bonds is 4. The van der Waals surface area contributed by atoms with E-state index in [-0.39, 0.29) is 11.3 Å². The first-order valence-electron chi connectivity index (χ1n) is 9.33. The van der Waals surface area contributed by atoms with Gasteiger partial charge in [0.05, 0.1) is 12.8 Å². The summed E-state index contributed by atoms with van der Waals surface area (Å²) in [5.74, 6) is 1.44. The molecule has 2 aromatic rings. The zero-order valence-corrected chi connectivity index (χ0v) is 15.4. The van der Waals surface area contributed by atoms with Crippen LogP contribution in [0.2, 0.25) is 0 Å². The molecule has 0 spiro atoms. The molecule has 1 saturated heterocycles. The second-order valence-corrected chi connectivity index (χ2v) is 7.75. The number of likely N-dealkylation sites (tertiary alicyclic amines) is 1. The summed E-state index contributed by atoms with van der Waals surface area (Å²) in [5.41, 5.74) is 2.60. The van der Waals surface area contributed by atoms with Crippen molar-refractivity contribution in [2.45, 2.75) is 33.1 Å². The SMILES string of the molecule is Cc1cc(C(=O)N2C[C@@H]3CCC[C@]3(COc3cccnc3)C2)cc(C)n1. The van der Waals surface area contributed by atoms with Crippen molar-refractivity contribution in [3.8, 4) is 5.75 Å². The fraction of sp³-hybridized carbons (Fsp3) is 0.476. The summed E-state index contributed by atoms with van der Waals surface area (Å²) < 4.78 is 6.06. The Bertz CT molecular complexity index is 788. The summed E-state index contributed by atoms with van der Waals surface area (Å²) in [7, 11) is 0. The quantitative estimate of drug-likeness (QED) is 0.847. The van der Waals surface area contributed by atoms with Crippen molar-refractivity contribution in [3.63, 3.8) is 0 Å². The van der Waals surface area contributed by atoms with Crippen LogP contribution in [0.1, 0.15) is 41.0 Å². The molecule has 3 heterocycles. The molecule has 0 aromatic carbocycles. The highest BCUT2D eigenvalue weighted by molar-refractivity contribution is 5.94. The second-order valence-electron chi connectivity index (χ2n) is 7.75. The third-order valence-corrected chi connectivity index (χ3v) is 5.82. The van der Waals surface area contributed by atoms with E-state index < -0.39 is 0 Å². The van der Waals surface area contributed by atoms with Crippen LogP contribution in [0, 0.1) is 25.2 Å². The molecule has 1 aliphatic heterocycles. The van der Waals surface area contributed by atoms with Crippen LogP contribution in [-0.2, 0) is 0 Å². The molecule has 2 fully saturated rings. The lowest BCUT2D eigenvalue weighted by Crippen LogP contribution is -2.35. The number of ether oxygens (including phenoxy) is 1. The maximum absolute atomic E-state index is 13.0. The maximum Gasteiger partial charge on any atom is 0.254 e. The van der Waals surface area contributed by atoms with Crippen LogP contribution in [-0.4, -0.2) is 40.5 Å². The topological polar surface area (TPSA) is 55.3 Å². The monoisotopic (exact) mass is 351 g/mol. The summed E-state index contributed by atoms with van der Waals surface area (Å²) in [5, 5.41) is 0. The van der Waals surface area contributed by atoms with Gasteiger partial charge in [-0.25, -0.2) is 0 Å². The van der Waals surface area contributed by atoms with Gasteiger partial charge in [0.2, 0.25) is 0 Å². The smallest absolute Gasteiger partial charge is 0.254 e. The van der Waals surface area contributed by atoms with Gasteiger partial charge in [-0.3, -0.25) is 14.8 Å². The number of nitrogens with zero attached hydrogens (tertiary/aromatic N) is 3. The third kappa shape index (κ3) is 3.18. The Balaban J connectivity index is 1.50. The van der Waals surface area contributed by atoms with Crippen LogP contribution in [0.25, 0.3) is 0 Å². The molecule has 5 nitrogen and oxygen atoms in total. The highest BCUT2D eigenvalue weighted by Crippen LogP contribution is 2.49. The average Bonchev–Trinajstić information content (AvgIpc) is 3.17. The first-order chi connectivity index (χ1) is 12.6.